The minimum absolute atomic E-state index is 0.0177. The Hall–Kier alpha value is -5.12. The molecule has 10 nitrogen and oxygen atoms in total. The van der Waals surface area contributed by atoms with Gasteiger partial charge in [-0.2, -0.15) is 0 Å². The lowest BCUT2D eigenvalue weighted by Gasteiger charge is -2.12. The molecule has 0 aliphatic rings. The van der Waals surface area contributed by atoms with Crippen molar-refractivity contribution < 1.29 is 9.21 Å². The van der Waals surface area contributed by atoms with Crippen LogP contribution in [-0.4, -0.2) is 35.4 Å². The highest BCUT2D eigenvalue weighted by atomic mass is 16.3. The molecule has 0 unspecified atom stereocenters. The Kier molecular flexibility index (Phi) is 6.20. The van der Waals surface area contributed by atoms with Gasteiger partial charge < -0.3 is 20.0 Å². The number of benzene rings is 2. The Morgan fingerprint density at radius 2 is 1.92 bits per heavy atom. The molecule has 4 heterocycles. The summed E-state index contributed by atoms with van der Waals surface area (Å²) < 4.78 is 7.63. The standard InChI is InChI=1S/C29H26N8O2/c1-17(2)15-37-16-34-23-20(5-3-7-22(23)37)14-33-28(38)26-27(30)36-25(29-32-11-12-39-29)24(35-26)19-8-9-21-18(13-19)6-4-10-31-21/h3-13,16-17H,14-15H2,1-2H3,(H2,30,36)(H,33,38). The number of carbonyl (C=O) groups is 1. The molecule has 1 amide bonds. The number of pyridine rings is 1. The summed E-state index contributed by atoms with van der Waals surface area (Å²) in [7, 11) is 0. The highest BCUT2D eigenvalue weighted by Gasteiger charge is 2.22. The van der Waals surface area contributed by atoms with Crippen molar-refractivity contribution in [2.24, 2.45) is 5.92 Å². The summed E-state index contributed by atoms with van der Waals surface area (Å²) in [6.45, 7) is 5.45. The molecule has 0 aliphatic heterocycles. The quantitative estimate of drug-likeness (QED) is 0.305. The number of imidazole rings is 1. The van der Waals surface area contributed by atoms with E-state index < -0.39 is 5.91 Å². The number of nitrogens with zero attached hydrogens (tertiary/aromatic N) is 6. The second-order valence-corrected chi connectivity index (χ2v) is 9.66. The fourth-order valence-corrected chi connectivity index (χ4v) is 4.62. The van der Waals surface area contributed by atoms with Crippen molar-refractivity contribution in [1.29, 1.82) is 0 Å². The average Bonchev–Trinajstić information content (AvgIpc) is 3.62. The van der Waals surface area contributed by atoms with E-state index in [1.54, 1.807) is 6.20 Å². The third kappa shape index (κ3) is 4.68. The van der Waals surface area contributed by atoms with E-state index in [9.17, 15) is 4.79 Å². The number of carbonyl (C=O) groups excluding carboxylic acids is 1. The van der Waals surface area contributed by atoms with E-state index in [-0.39, 0.29) is 23.9 Å². The van der Waals surface area contributed by atoms with Gasteiger partial charge in [0.15, 0.2) is 17.2 Å². The lowest BCUT2D eigenvalue weighted by atomic mass is 10.1. The van der Waals surface area contributed by atoms with E-state index in [1.165, 1.54) is 12.5 Å². The molecule has 0 saturated carbocycles. The third-order valence-corrected chi connectivity index (χ3v) is 6.38. The van der Waals surface area contributed by atoms with Gasteiger partial charge in [-0.05, 0) is 35.7 Å². The number of nitrogens with two attached hydrogens (primary N) is 1. The second kappa shape index (κ2) is 9.97. The molecule has 39 heavy (non-hydrogen) atoms. The first kappa shape index (κ1) is 24.2. The van der Waals surface area contributed by atoms with Crippen LogP contribution in [0.5, 0.6) is 0 Å². The maximum atomic E-state index is 13.4. The molecule has 0 radical (unpaired) electrons. The fourth-order valence-electron chi connectivity index (χ4n) is 4.62. The van der Waals surface area contributed by atoms with Gasteiger partial charge in [0.2, 0.25) is 5.89 Å². The molecule has 3 N–H and O–H groups in total. The Morgan fingerprint density at radius 1 is 1.03 bits per heavy atom. The van der Waals surface area contributed by atoms with Crippen LogP contribution in [0.3, 0.4) is 0 Å². The van der Waals surface area contributed by atoms with Gasteiger partial charge in [-0.25, -0.2) is 19.9 Å². The van der Waals surface area contributed by atoms with Crippen LogP contribution in [0.2, 0.25) is 0 Å². The van der Waals surface area contributed by atoms with Gasteiger partial charge >= 0.3 is 0 Å². The molecular formula is C29H26N8O2. The normalized spacial score (nSPS) is 11.5. The monoisotopic (exact) mass is 518 g/mol. The van der Waals surface area contributed by atoms with Crippen LogP contribution >= 0.6 is 0 Å². The molecule has 0 fully saturated rings. The number of nitrogen functional groups attached to an aromatic ring is 1. The van der Waals surface area contributed by atoms with E-state index in [0.29, 0.717) is 17.3 Å². The summed E-state index contributed by atoms with van der Waals surface area (Å²) in [5.41, 5.74) is 11.4. The molecule has 0 atom stereocenters. The van der Waals surface area contributed by atoms with Crippen LogP contribution < -0.4 is 11.1 Å². The number of rotatable bonds is 7. The van der Waals surface area contributed by atoms with E-state index in [0.717, 1.165) is 39.6 Å². The summed E-state index contributed by atoms with van der Waals surface area (Å²) in [5.74, 6) is 0.276. The number of amides is 1. The van der Waals surface area contributed by atoms with Crippen LogP contribution in [0.4, 0.5) is 5.82 Å². The molecule has 4 aromatic heterocycles. The molecule has 2 aromatic carbocycles. The number of fused-ring (bicyclic) bond motifs is 2. The predicted octanol–water partition coefficient (Wildman–Crippen LogP) is 4.86. The molecule has 6 rings (SSSR count). The summed E-state index contributed by atoms with van der Waals surface area (Å²) >= 11 is 0. The van der Waals surface area contributed by atoms with E-state index >= 15 is 0 Å². The van der Waals surface area contributed by atoms with Gasteiger partial charge in [-0.15, -0.1) is 0 Å². The van der Waals surface area contributed by atoms with Crippen molar-refractivity contribution in [3.63, 3.8) is 0 Å². The maximum Gasteiger partial charge on any atom is 0.274 e. The van der Waals surface area contributed by atoms with Crippen LogP contribution in [0.1, 0.15) is 29.9 Å². The lowest BCUT2D eigenvalue weighted by Crippen LogP contribution is -2.26. The smallest absolute Gasteiger partial charge is 0.274 e. The van der Waals surface area contributed by atoms with Gasteiger partial charge in [-0.3, -0.25) is 9.78 Å². The van der Waals surface area contributed by atoms with Gasteiger partial charge in [0.25, 0.3) is 5.91 Å². The van der Waals surface area contributed by atoms with E-state index in [4.69, 9.17) is 10.2 Å². The molecule has 0 saturated heterocycles. The minimum atomic E-state index is -0.443. The van der Waals surface area contributed by atoms with Crippen molar-refractivity contribution in [2.45, 2.75) is 26.9 Å². The summed E-state index contributed by atoms with van der Waals surface area (Å²) in [5, 5.41) is 3.86. The molecule has 194 valence electrons. The number of anilines is 1. The third-order valence-electron chi connectivity index (χ3n) is 6.38. The molecule has 0 aliphatic carbocycles. The Bertz CT molecular complexity index is 1810. The molecule has 6 aromatic rings. The first-order chi connectivity index (χ1) is 19.0. The maximum absolute atomic E-state index is 13.4. The average molecular weight is 519 g/mol. The Balaban J connectivity index is 1.34. The van der Waals surface area contributed by atoms with Crippen LogP contribution in [0, 0.1) is 5.92 Å². The summed E-state index contributed by atoms with van der Waals surface area (Å²) in [4.78, 5) is 35.7. The topological polar surface area (TPSA) is 138 Å². The Morgan fingerprint density at radius 3 is 2.74 bits per heavy atom. The summed E-state index contributed by atoms with van der Waals surface area (Å²) in [6, 6.07) is 15.5. The lowest BCUT2D eigenvalue weighted by molar-refractivity contribution is 0.0947. The number of para-hydroxylation sites is 1. The highest BCUT2D eigenvalue weighted by molar-refractivity contribution is 5.98. The van der Waals surface area contributed by atoms with Gasteiger partial charge in [0.1, 0.15) is 12.0 Å². The fraction of sp³-hybridized carbons (Fsp3) is 0.172. The highest BCUT2D eigenvalue weighted by Crippen LogP contribution is 2.31. The van der Waals surface area contributed by atoms with Crippen LogP contribution in [0.15, 0.2) is 77.9 Å². The van der Waals surface area contributed by atoms with Gasteiger partial charge in [0, 0.05) is 30.2 Å². The van der Waals surface area contributed by atoms with Crippen LogP contribution in [0.25, 0.3) is 44.8 Å². The molecule has 10 heteroatoms. The zero-order valence-electron chi connectivity index (χ0n) is 21.5. The number of hydrogen-bond acceptors (Lipinski definition) is 8. The van der Waals surface area contributed by atoms with Gasteiger partial charge in [0.05, 0.1) is 29.1 Å². The zero-order valence-corrected chi connectivity index (χ0v) is 21.5. The number of hydrogen-bond donors (Lipinski definition) is 2. The zero-order chi connectivity index (χ0) is 26.9. The van der Waals surface area contributed by atoms with E-state index in [1.807, 2.05) is 54.9 Å². The summed E-state index contributed by atoms with van der Waals surface area (Å²) in [6.07, 6.45) is 6.54. The van der Waals surface area contributed by atoms with Crippen molar-refractivity contribution in [1.82, 2.24) is 34.8 Å². The predicted molar refractivity (Wildman–Crippen MR) is 148 cm³/mol. The van der Waals surface area contributed by atoms with Crippen LogP contribution in [-0.2, 0) is 13.1 Å². The van der Waals surface area contributed by atoms with Crippen molar-refractivity contribution in [3.05, 3.63) is 84.8 Å². The number of aromatic nitrogens is 6. The molecular weight excluding hydrogens is 492 g/mol. The SMILES string of the molecule is CC(C)Cn1cnc2c(CNC(=O)c3nc(-c4ccc5ncccc5c4)c(-c4ncco4)nc3N)cccc21. The number of oxazole rings is 1. The number of nitrogens with one attached hydrogen (secondary N) is 1. The van der Waals surface area contributed by atoms with Crippen molar-refractivity contribution in [3.8, 4) is 22.8 Å². The molecule has 0 spiro atoms. The second-order valence-electron chi connectivity index (χ2n) is 9.66. The van der Waals surface area contributed by atoms with Crippen molar-refractivity contribution in [2.75, 3.05) is 5.73 Å². The van der Waals surface area contributed by atoms with Gasteiger partial charge in [-0.1, -0.05) is 38.1 Å². The van der Waals surface area contributed by atoms with Crippen molar-refractivity contribution >= 4 is 33.7 Å². The molecule has 0 bridgehead atoms. The first-order valence-electron chi connectivity index (χ1n) is 12.6. The minimum Gasteiger partial charge on any atom is -0.443 e. The van der Waals surface area contributed by atoms with E-state index in [2.05, 4.69) is 48.7 Å². The first-order valence-corrected chi connectivity index (χ1v) is 12.6. The largest absolute Gasteiger partial charge is 0.443 e. The Labute approximate surface area is 224 Å².